The standard InChI is InChI=1S/C30H33N5O6/c1-17(36)19-2-6-26(32-16-19)34-10-8-18(9-11-34)15-31-20-12-22(13-20)41-21-3-4-23-24(14-21)30(40)35(29(23)39)25-5-7-27(37)33-28(25)38/h2-4,6,14,16,18,20,22,25,31H,5,7-13,15H2,1H3,(H,33,37,38). The average molecular weight is 560 g/mol. The number of hydrogen-bond acceptors (Lipinski definition) is 9. The number of ketones is 1. The zero-order valence-corrected chi connectivity index (χ0v) is 22.9. The lowest BCUT2D eigenvalue weighted by Gasteiger charge is -2.38. The molecule has 2 aromatic rings. The Morgan fingerprint density at radius 1 is 1.02 bits per heavy atom. The third kappa shape index (κ3) is 5.46. The smallest absolute Gasteiger partial charge is 0.262 e. The molecule has 0 spiro atoms. The molecule has 6 rings (SSSR count). The van der Waals surface area contributed by atoms with E-state index in [9.17, 15) is 24.0 Å². The van der Waals surface area contributed by atoms with Crippen LogP contribution in [0.25, 0.3) is 0 Å². The molecule has 0 radical (unpaired) electrons. The van der Waals surface area contributed by atoms with Crippen molar-refractivity contribution in [3.63, 3.8) is 0 Å². The molecule has 1 atom stereocenters. The molecule has 1 unspecified atom stereocenters. The van der Waals surface area contributed by atoms with Crippen molar-refractivity contribution in [2.45, 2.75) is 63.6 Å². The molecule has 1 aliphatic carbocycles. The second-order valence-corrected chi connectivity index (χ2v) is 11.4. The summed E-state index contributed by atoms with van der Waals surface area (Å²) in [5, 5.41) is 5.87. The summed E-state index contributed by atoms with van der Waals surface area (Å²) in [5.41, 5.74) is 1.10. The van der Waals surface area contributed by atoms with Crippen LogP contribution in [-0.2, 0) is 9.59 Å². The van der Waals surface area contributed by atoms with Gasteiger partial charge in [0.05, 0.1) is 11.1 Å². The van der Waals surface area contributed by atoms with Gasteiger partial charge < -0.3 is 15.0 Å². The van der Waals surface area contributed by atoms with Gasteiger partial charge in [0.1, 0.15) is 23.7 Å². The molecule has 4 amide bonds. The monoisotopic (exact) mass is 559 g/mol. The number of hydrogen-bond donors (Lipinski definition) is 2. The minimum absolute atomic E-state index is 0.0229. The molecule has 2 saturated heterocycles. The second kappa shape index (κ2) is 11.0. The van der Waals surface area contributed by atoms with E-state index in [0.29, 0.717) is 23.3 Å². The van der Waals surface area contributed by atoms with E-state index in [2.05, 4.69) is 20.5 Å². The van der Waals surface area contributed by atoms with Gasteiger partial charge >= 0.3 is 0 Å². The quantitative estimate of drug-likeness (QED) is 0.368. The molecule has 11 nitrogen and oxygen atoms in total. The summed E-state index contributed by atoms with van der Waals surface area (Å²) in [6.07, 6.45) is 5.76. The zero-order valence-electron chi connectivity index (χ0n) is 22.9. The number of piperidine rings is 2. The number of ether oxygens (including phenoxy) is 1. The number of nitrogens with one attached hydrogen (secondary N) is 2. The third-order valence-corrected chi connectivity index (χ3v) is 8.60. The summed E-state index contributed by atoms with van der Waals surface area (Å²) in [6, 6.07) is 8.00. The van der Waals surface area contributed by atoms with Crippen molar-refractivity contribution >= 4 is 35.2 Å². The average Bonchev–Trinajstić information content (AvgIpc) is 3.19. The SMILES string of the molecule is CC(=O)c1ccc(N2CCC(CNC3CC(Oc4ccc5c(c4)C(=O)N(C4CCC(=O)NC4=O)C5=O)C3)CC2)nc1. The Morgan fingerprint density at radius 3 is 2.46 bits per heavy atom. The topological polar surface area (TPSA) is 138 Å². The molecule has 3 aliphatic heterocycles. The fraction of sp³-hybridized carbons (Fsp3) is 0.467. The number of carbonyl (C=O) groups is 5. The van der Waals surface area contributed by atoms with Gasteiger partial charge in [0.15, 0.2) is 5.78 Å². The molecule has 2 N–H and O–H groups in total. The highest BCUT2D eigenvalue weighted by molar-refractivity contribution is 6.23. The Labute approximate surface area is 237 Å². The lowest BCUT2D eigenvalue weighted by Crippen LogP contribution is -2.54. The first-order valence-corrected chi connectivity index (χ1v) is 14.2. The van der Waals surface area contributed by atoms with Crippen LogP contribution in [0.2, 0.25) is 0 Å². The van der Waals surface area contributed by atoms with Crippen LogP contribution in [-0.4, -0.2) is 77.1 Å². The van der Waals surface area contributed by atoms with Crippen LogP contribution < -0.4 is 20.3 Å². The van der Waals surface area contributed by atoms with Gasteiger partial charge in [0, 0.05) is 37.3 Å². The highest BCUT2D eigenvalue weighted by atomic mass is 16.5. The maximum atomic E-state index is 13.0. The lowest BCUT2D eigenvalue weighted by atomic mass is 9.88. The number of carbonyl (C=O) groups excluding carboxylic acids is 5. The van der Waals surface area contributed by atoms with E-state index in [1.54, 1.807) is 31.3 Å². The number of fused-ring (bicyclic) bond motifs is 1. The lowest BCUT2D eigenvalue weighted by molar-refractivity contribution is -0.136. The second-order valence-electron chi connectivity index (χ2n) is 11.4. The summed E-state index contributed by atoms with van der Waals surface area (Å²) in [6.45, 7) is 4.38. The first-order valence-electron chi connectivity index (χ1n) is 14.2. The highest BCUT2D eigenvalue weighted by Gasteiger charge is 2.45. The molecule has 0 bridgehead atoms. The number of imide groups is 2. The Hall–Kier alpha value is -4.12. The van der Waals surface area contributed by atoms with Crippen LogP contribution in [0.1, 0.15) is 76.5 Å². The van der Waals surface area contributed by atoms with Crippen molar-refractivity contribution in [1.82, 2.24) is 20.5 Å². The molecule has 41 heavy (non-hydrogen) atoms. The molecule has 1 aromatic heterocycles. The molecule has 3 fully saturated rings. The first kappa shape index (κ1) is 27.1. The van der Waals surface area contributed by atoms with Crippen molar-refractivity contribution < 1.29 is 28.7 Å². The number of aromatic nitrogens is 1. The van der Waals surface area contributed by atoms with Gasteiger partial charge in [-0.3, -0.25) is 34.2 Å². The van der Waals surface area contributed by atoms with Crippen LogP contribution in [0.4, 0.5) is 5.82 Å². The largest absolute Gasteiger partial charge is 0.490 e. The van der Waals surface area contributed by atoms with E-state index in [4.69, 9.17) is 4.74 Å². The van der Waals surface area contributed by atoms with Crippen LogP contribution in [0, 0.1) is 5.92 Å². The number of rotatable bonds is 8. The van der Waals surface area contributed by atoms with Gasteiger partial charge in [-0.05, 0) is 81.8 Å². The molecular formula is C30H33N5O6. The van der Waals surface area contributed by atoms with E-state index >= 15 is 0 Å². The van der Waals surface area contributed by atoms with Gasteiger partial charge in [0.25, 0.3) is 11.8 Å². The minimum Gasteiger partial charge on any atom is -0.490 e. The molecule has 11 heteroatoms. The first-order chi connectivity index (χ1) is 19.8. The third-order valence-electron chi connectivity index (χ3n) is 8.60. The number of pyridine rings is 1. The van der Waals surface area contributed by atoms with Gasteiger partial charge in [0.2, 0.25) is 11.8 Å². The summed E-state index contributed by atoms with van der Waals surface area (Å²) < 4.78 is 6.10. The normalized spacial score (nSPS) is 24.7. The van der Waals surface area contributed by atoms with Crippen LogP contribution in [0.3, 0.4) is 0 Å². The van der Waals surface area contributed by atoms with Gasteiger partial charge in [-0.1, -0.05) is 0 Å². The van der Waals surface area contributed by atoms with Crippen LogP contribution in [0.15, 0.2) is 36.5 Å². The Kier molecular flexibility index (Phi) is 7.29. The van der Waals surface area contributed by atoms with E-state index in [1.165, 1.54) is 0 Å². The van der Waals surface area contributed by atoms with Gasteiger partial charge in [-0.2, -0.15) is 0 Å². The van der Waals surface area contributed by atoms with Gasteiger partial charge in [-0.25, -0.2) is 4.98 Å². The van der Waals surface area contributed by atoms with E-state index < -0.39 is 29.7 Å². The molecule has 4 heterocycles. The summed E-state index contributed by atoms with van der Waals surface area (Å²) in [5.74, 6) is -0.0191. The number of anilines is 1. The summed E-state index contributed by atoms with van der Waals surface area (Å²) in [4.78, 5) is 68.8. The molecular weight excluding hydrogens is 526 g/mol. The molecule has 214 valence electrons. The van der Waals surface area contributed by atoms with Crippen molar-refractivity contribution in [3.8, 4) is 5.75 Å². The molecule has 4 aliphatic rings. The number of Topliss-reactive ketones (excluding diaryl/α,β-unsaturated/α-hetero) is 1. The Morgan fingerprint density at radius 2 is 1.78 bits per heavy atom. The zero-order chi connectivity index (χ0) is 28.7. The van der Waals surface area contributed by atoms with Crippen LogP contribution >= 0.6 is 0 Å². The van der Waals surface area contributed by atoms with Crippen LogP contribution in [0.5, 0.6) is 5.75 Å². The predicted molar refractivity (Wildman–Crippen MR) is 148 cm³/mol. The highest BCUT2D eigenvalue weighted by Crippen LogP contribution is 2.33. The van der Waals surface area contributed by atoms with E-state index in [0.717, 1.165) is 56.0 Å². The molecule has 1 saturated carbocycles. The fourth-order valence-electron chi connectivity index (χ4n) is 6.03. The Bertz CT molecular complexity index is 1390. The summed E-state index contributed by atoms with van der Waals surface area (Å²) >= 11 is 0. The maximum absolute atomic E-state index is 13.0. The van der Waals surface area contributed by atoms with Crippen molar-refractivity contribution in [1.29, 1.82) is 0 Å². The minimum atomic E-state index is -0.980. The maximum Gasteiger partial charge on any atom is 0.262 e. The predicted octanol–water partition coefficient (Wildman–Crippen LogP) is 2.10. The van der Waals surface area contributed by atoms with Crippen molar-refractivity contribution in [3.05, 3.63) is 53.2 Å². The number of nitrogens with zero attached hydrogens (tertiary/aromatic N) is 3. The van der Waals surface area contributed by atoms with Crippen molar-refractivity contribution in [2.75, 3.05) is 24.5 Å². The molecule has 1 aromatic carbocycles. The van der Waals surface area contributed by atoms with Gasteiger partial charge in [-0.15, -0.1) is 0 Å². The number of benzene rings is 1. The fourth-order valence-corrected chi connectivity index (χ4v) is 6.03. The summed E-state index contributed by atoms with van der Waals surface area (Å²) in [7, 11) is 0. The number of amides is 4. The Balaban J connectivity index is 0.946. The van der Waals surface area contributed by atoms with E-state index in [-0.39, 0.29) is 35.9 Å². The van der Waals surface area contributed by atoms with E-state index in [1.807, 2.05) is 12.1 Å². The van der Waals surface area contributed by atoms with Crippen molar-refractivity contribution in [2.24, 2.45) is 5.92 Å².